The number of cyclic esters (lactones) is 1. The Kier molecular flexibility index (Phi) is 7.44. The van der Waals surface area contributed by atoms with Crippen LogP contribution < -0.4 is 0 Å². The predicted octanol–water partition coefficient (Wildman–Crippen LogP) is 4.99. The first kappa shape index (κ1) is 21.4. The van der Waals surface area contributed by atoms with Crippen LogP contribution in [0.2, 0.25) is 0 Å². The summed E-state index contributed by atoms with van der Waals surface area (Å²) >= 11 is 0. The highest BCUT2D eigenvalue weighted by Crippen LogP contribution is 2.32. The summed E-state index contributed by atoms with van der Waals surface area (Å²) in [7, 11) is 1.34. The smallest absolute Gasteiger partial charge is 0.414 e. The van der Waals surface area contributed by atoms with Gasteiger partial charge in [-0.1, -0.05) is 66.7 Å². The molecule has 3 rings (SSSR count). The van der Waals surface area contributed by atoms with Crippen LogP contribution in [0.15, 0.2) is 79.0 Å². The Labute approximate surface area is 177 Å². The molecule has 1 fully saturated rings. The van der Waals surface area contributed by atoms with E-state index in [1.54, 1.807) is 0 Å². The van der Waals surface area contributed by atoms with Crippen LogP contribution in [0.1, 0.15) is 30.4 Å². The minimum Gasteiger partial charge on any atom is -0.464 e. The van der Waals surface area contributed by atoms with Crippen molar-refractivity contribution < 1.29 is 19.1 Å². The topological polar surface area (TPSA) is 55.8 Å². The van der Waals surface area contributed by atoms with Gasteiger partial charge in [0.2, 0.25) is 0 Å². The second-order valence-electron chi connectivity index (χ2n) is 7.16. The Bertz CT molecular complexity index is 905. The number of carbonyl (C=O) groups excluding carboxylic acids is 2. The van der Waals surface area contributed by atoms with Gasteiger partial charge in [0.05, 0.1) is 13.2 Å². The van der Waals surface area contributed by atoms with E-state index >= 15 is 0 Å². The van der Waals surface area contributed by atoms with Gasteiger partial charge in [0.25, 0.3) is 0 Å². The number of esters is 1. The molecule has 1 heterocycles. The number of unbranched alkanes of at least 4 members (excludes halogenated alkanes) is 1. The quantitative estimate of drug-likeness (QED) is 0.255. The van der Waals surface area contributed by atoms with Crippen LogP contribution in [-0.2, 0) is 20.7 Å². The molecule has 1 aliphatic rings. The van der Waals surface area contributed by atoms with Crippen molar-refractivity contribution in [2.45, 2.75) is 31.7 Å². The van der Waals surface area contributed by atoms with Gasteiger partial charge in [-0.15, -0.1) is 6.58 Å². The number of allylic oxidation sites excluding steroid dienone is 2. The Morgan fingerprint density at radius 3 is 2.47 bits per heavy atom. The van der Waals surface area contributed by atoms with E-state index in [-0.39, 0.29) is 18.3 Å². The third-order valence-electron chi connectivity index (χ3n) is 5.14. The number of carbonyl (C=O) groups is 2. The molecule has 0 aromatic heterocycles. The summed E-state index contributed by atoms with van der Waals surface area (Å²) in [5.74, 6) is -0.538. The van der Waals surface area contributed by atoms with Crippen LogP contribution in [0.25, 0.3) is 5.57 Å². The molecule has 0 unspecified atom stereocenters. The summed E-state index contributed by atoms with van der Waals surface area (Å²) in [6.07, 6.45) is 4.14. The maximum absolute atomic E-state index is 12.9. The average Bonchev–Trinajstić information content (AvgIpc) is 3.13. The van der Waals surface area contributed by atoms with E-state index in [9.17, 15) is 9.59 Å². The second-order valence-corrected chi connectivity index (χ2v) is 7.16. The third kappa shape index (κ3) is 4.98. The summed E-state index contributed by atoms with van der Waals surface area (Å²) < 4.78 is 10.5. The molecule has 1 saturated heterocycles. The molecule has 2 aromatic rings. The Balaban J connectivity index is 2.07. The highest BCUT2D eigenvalue weighted by atomic mass is 16.6. The molecular formula is C25H27NO4. The van der Waals surface area contributed by atoms with Crippen LogP contribution in [0.5, 0.6) is 0 Å². The van der Waals surface area contributed by atoms with Crippen molar-refractivity contribution in [1.29, 1.82) is 0 Å². The third-order valence-corrected chi connectivity index (χ3v) is 5.14. The summed E-state index contributed by atoms with van der Waals surface area (Å²) in [5, 5.41) is 0. The lowest BCUT2D eigenvalue weighted by atomic mass is 9.96. The zero-order valence-corrected chi connectivity index (χ0v) is 17.3. The van der Waals surface area contributed by atoms with Gasteiger partial charge in [0.1, 0.15) is 12.3 Å². The fourth-order valence-corrected chi connectivity index (χ4v) is 3.70. The van der Waals surface area contributed by atoms with Gasteiger partial charge in [0.15, 0.2) is 0 Å². The van der Waals surface area contributed by atoms with E-state index in [0.717, 1.165) is 29.5 Å². The van der Waals surface area contributed by atoms with Crippen molar-refractivity contribution in [3.8, 4) is 0 Å². The van der Waals surface area contributed by atoms with E-state index in [1.807, 2.05) is 66.7 Å². The number of ether oxygens (including phenoxy) is 2. The minimum absolute atomic E-state index is 0.225. The van der Waals surface area contributed by atoms with Gasteiger partial charge in [-0.3, -0.25) is 4.90 Å². The van der Waals surface area contributed by atoms with Crippen molar-refractivity contribution in [2.75, 3.05) is 13.7 Å². The number of rotatable bonds is 9. The Hall–Kier alpha value is -3.34. The number of methoxy groups -OCH3 is 1. The molecular weight excluding hydrogens is 378 g/mol. The summed E-state index contributed by atoms with van der Waals surface area (Å²) in [6, 6.07) is 19.2. The van der Waals surface area contributed by atoms with Crippen molar-refractivity contribution >= 4 is 17.6 Å². The number of hydrogen-bond acceptors (Lipinski definition) is 4. The standard InChI is InChI=1S/C25H27NO4/c1-3-4-7-16-22(20-14-10-6-11-15-20)23(24(27)29-2)26-21(18-30-25(26)28)17-19-12-8-5-9-13-19/h3,5-6,8-15,21H,1,4,7,16-18H2,2H3/b23-22-/t21-/m1/s1. The Morgan fingerprint density at radius 1 is 1.17 bits per heavy atom. The summed E-state index contributed by atoms with van der Waals surface area (Å²) in [5.41, 5.74) is 3.00. The molecule has 5 heteroatoms. The summed E-state index contributed by atoms with van der Waals surface area (Å²) in [4.78, 5) is 27.2. The van der Waals surface area contributed by atoms with Crippen LogP contribution >= 0.6 is 0 Å². The molecule has 30 heavy (non-hydrogen) atoms. The first-order valence-corrected chi connectivity index (χ1v) is 10.1. The van der Waals surface area contributed by atoms with E-state index < -0.39 is 12.1 Å². The second kappa shape index (κ2) is 10.4. The minimum atomic E-state index is -0.538. The zero-order chi connectivity index (χ0) is 21.3. The predicted molar refractivity (Wildman–Crippen MR) is 117 cm³/mol. The molecule has 0 saturated carbocycles. The molecule has 0 bridgehead atoms. The number of benzene rings is 2. The van der Waals surface area contributed by atoms with Gasteiger partial charge >= 0.3 is 12.1 Å². The van der Waals surface area contributed by atoms with Gasteiger partial charge < -0.3 is 9.47 Å². The van der Waals surface area contributed by atoms with E-state index in [2.05, 4.69) is 6.58 Å². The van der Waals surface area contributed by atoms with Crippen molar-refractivity contribution in [3.05, 3.63) is 90.1 Å². The van der Waals surface area contributed by atoms with Crippen LogP contribution in [0, 0.1) is 0 Å². The maximum Gasteiger partial charge on any atom is 0.414 e. The monoisotopic (exact) mass is 405 g/mol. The number of amides is 1. The van der Waals surface area contributed by atoms with Gasteiger partial charge in [-0.25, -0.2) is 9.59 Å². The molecule has 156 valence electrons. The van der Waals surface area contributed by atoms with Crippen molar-refractivity contribution in [2.24, 2.45) is 0 Å². The highest BCUT2D eigenvalue weighted by Gasteiger charge is 2.40. The molecule has 0 spiro atoms. The van der Waals surface area contributed by atoms with Crippen LogP contribution in [-0.4, -0.2) is 36.7 Å². The lowest BCUT2D eigenvalue weighted by Crippen LogP contribution is -2.38. The molecule has 1 atom stereocenters. The highest BCUT2D eigenvalue weighted by molar-refractivity contribution is 6.00. The van der Waals surface area contributed by atoms with Crippen LogP contribution in [0.4, 0.5) is 4.79 Å². The molecule has 0 N–H and O–H groups in total. The SMILES string of the molecule is C=CCCC/C(=C(\C(=O)OC)N1C(=O)OC[C@H]1Cc1ccccc1)c1ccccc1. The maximum atomic E-state index is 12.9. The van der Waals surface area contributed by atoms with Gasteiger partial charge in [-0.2, -0.15) is 0 Å². The van der Waals surface area contributed by atoms with Crippen LogP contribution in [0.3, 0.4) is 0 Å². The average molecular weight is 405 g/mol. The molecule has 0 radical (unpaired) electrons. The van der Waals surface area contributed by atoms with E-state index in [0.29, 0.717) is 12.8 Å². The summed E-state index contributed by atoms with van der Waals surface area (Å²) in [6.45, 7) is 4.01. The lowest BCUT2D eigenvalue weighted by molar-refractivity contribution is -0.137. The van der Waals surface area contributed by atoms with Gasteiger partial charge in [-0.05, 0) is 42.4 Å². The first-order chi connectivity index (χ1) is 14.7. The van der Waals surface area contributed by atoms with Gasteiger partial charge in [0, 0.05) is 0 Å². The molecule has 0 aliphatic carbocycles. The largest absolute Gasteiger partial charge is 0.464 e. The Morgan fingerprint density at radius 2 is 1.83 bits per heavy atom. The van der Waals surface area contributed by atoms with Crippen molar-refractivity contribution in [3.63, 3.8) is 0 Å². The molecule has 1 amide bonds. The molecule has 1 aliphatic heterocycles. The normalized spacial score (nSPS) is 16.6. The van der Waals surface area contributed by atoms with E-state index in [1.165, 1.54) is 12.0 Å². The lowest BCUT2D eigenvalue weighted by Gasteiger charge is -2.26. The fraction of sp³-hybridized carbons (Fsp3) is 0.280. The zero-order valence-electron chi connectivity index (χ0n) is 17.3. The number of hydrogen-bond donors (Lipinski definition) is 0. The van der Waals surface area contributed by atoms with E-state index in [4.69, 9.17) is 9.47 Å². The fourth-order valence-electron chi connectivity index (χ4n) is 3.70. The van der Waals surface area contributed by atoms with Crippen molar-refractivity contribution in [1.82, 2.24) is 4.90 Å². The first-order valence-electron chi connectivity index (χ1n) is 10.1. The number of nitrogens with zero attached hydrogens (tertiary/aromatic N) is 1. The molecule has 5 nitrogen and oxygen atoms in total. The molecule has 2 aromatic carbocycles.